The molecule has 2 aromatic carbocycles. The molecule has 0 unspecified atom stereocenters. The fourth-order valence-electron chi connectivity index (χ4n) is 2.95. The largest absolute Gasteiger partial charge is 0.497 e. The van der Waals surface area contributed by atoms with E-state index in [-0.39, 0.29) is 5.91 Å². The third-order valence-corrected chi connectivity index (χ3v) is 4.77. The van der Waals surface area contributed by atoms with Crippen LogP contribution < -0.4 is 10.1 Å². The highest BCUT2D eigenvalue weighted by atomic mass is 16.5. The zero-order valence-electron chi connectivity index (χ0n) is 16.2. The van der Waals surface area contributed by atoms with Crippen molar-refractivity contribution in [2.45, 2.75) is 20.3 Å². The first-order valence-corrected chi connectivity index (χ1v) is 9.00. The van der Waals surface area contributed by atoms with E-state index in [4.69, 9.17) is 4.74 Å². The highest BCUT2D eigenvalue weighted by Crippen LogP contribution is 2.22. The van der Waals surface area contributed by atoms with E-state index in [0.29, 0.717) is 12.2 Å². The van der Waals surface area contributed by atoms with Gasteiger partial charge in [-0.2, -0.15) is 5.10 Å². The molecule has 0 saturated carbocycles. The lowest BCUT2D eigenvalue weighted by Gasteiger charge is -2.05. The quantitative estimate of drug-likeness (QED) is 0.727. The van der Waals surface area contributed by atoms with Crippen LogP contribution in [0, 0.1) is 13.8 Å². The zero-order valence-corrected chi connectivity index (χ0v) is 16.2. The van der Waals surface area contributed by atoms with Crippen molar-refractivity contribution in [3.8, 4) is 17.0 Å². The maximum atomic E-state index is 12.4. The third-order valence-electron chi connectivity index (χ3n) is 4.77. The van der Waals surface area contributed by atoms with Gasteiger partial charge in [0.25, 0.3) is 5.91 Å². The van der Waals surface area contributed by atoms with E-state index in [2.05, 4.69) is 42.5 Å². The van der Waals surface area contributed by atoms with Gasteiger partial charge in [0, 0.05) is 19.2 Å². The van der Waals surface area contributed by atoms with Gasteiger partial charge in [0.1, 0.15) is 5.75 Å². The van der Waals surface area contributed by atoms with Gasteiger partial charge in [-0.25, -0.2) is 0 Å². The number of ether oxygens (including phenoxy) is 1. The summed E-state index contributed by atoms with van der Waals surface area (Å²) in [7, 11) is 3.51. The summed E-state index contributed by atoms with van der Waals surface area (Å²) in [5.41, 5.74) is 6.04. The number of benzene rings is 2. The molecule has 0 saturated heterocycles. The van der Waals surface area contributed by atoms with Crippen molar-refractivity contribution in [3.63, 3.8) is 0 Å². The minimum absolute atomic E-state index is 0.158. The van der Waals surface area contributed by atoms with Gasteiger partial charge in [0.15, 0.2) is 5.69 Å². The van der Waals surface area contributed by atoms with Crippen molar-refractivity contribution in [2.75, 3.05) is 13.7 Å². The van der Waals surface area contributed by atoms with Crippen molar-refractivity contribution in [1.29, 1.82) is 0 Å². The number of carbonyl (C=O) groups excluding carboxylic acids is 1. The standard InChI is InChI=1S/C22H25N3O2/c1-15-5-8-18(13-16(15)2)21-14-20(24-25(21)3)22(26)23-12-11-17-6-9-19(27-4)10-7-17/h5-10,13-14H,11-12H2,1-4H3,(H,23,26). The van der Waals surface area contributed by atoms with Crippen LogP contribution in [0.2, 0.25) is 0 Å². The number of amides is 1. The van der Waals surface area contributed by atoms with Crippen LogP contribution in [-0.2, 0) is 13.5 Å². The molecule has 0 atom stereocenters. The molecular weight excluding hydrogens is 338 g/mol. The first-order chi connectivity index (χ1) is 13.0. The first kappa shape index (κ1) is 18.7. The van der Waals surface area contributed by atoms with Crippen LogP contribution in [-0.4, -0.2) is 29.3 Å². The Kier molecular flexibility index (Phi) is 5.60. The number of aryl methyl sites for hydroxylation is 3. The molecule has 0 bridgehead atoms. The van der Waals surface area contributed by atoms with Crippen LogP contribution in [0.5, 0.6) is 5.75 Å². The van der Waals surface area contributed by atoms with Crippen molar-refractivity contribution in [2.24, 2.45) is 7.05 Å². The summed E-state index contributed by atoms with van der Waals surface area (Å²) in [5, 5.41) is 7.32. The van der Waals surface area contributed by atoms with E-state index >= 15 is 0 Å². The molecule has 1 heterocycles. The minimum Gasteiger partial charge on any atom is -0.497 e. The predicted molar refractivity (Wildman–Crippen MR) is 107 cm³/mol. The Morgan fingerprint density at radius 2 is 1.81 bits per heavy atom. The second-order valence-electron chi connectivity index (χ2n) is 6.69. The van der Waals surface area contributed by atoms with E-state index < -0.39 is 0 Å². The number of nitrogens with zero attached hydrogens (tertiary/aromatic N) is 2. The van der Waals surface area contributed by atoms with E-state index in [0.717, 1.165) is 29.0 Å². The first-order valence-electron chi connectivity index (χ1n) is 9.00. The van der Waals surface area contributed by atoms with Gasteiger partial charge < -0.3 is 10.1 Å². The lowest BCUT2D eigenvalue weighted by Crippen LogP contribution is -2.26. The maximum absolute atomic E-state index is 12.4. The topological polar surface area (TPSA) is 56.1 Å². The van der Waals surface area contributed by atoms with Crippen LogP contribution in [0.3, 0.4) is 0 Å². The van der Waals surface area contributed by atoms with Crippen LogP contribution in [0.4, 0.5) is 0 Å². The number of aromatic nitrogens is 2. The Morgan fingerprint density at radius 1 is 1.07 bits per heavy atom. The van der Waals surface area contributed by atoms with Crippen LogP contribution in [0.15, 0.2) is 48.5 Å². The van der Waals surface area contributed by atoms with E-state index in [1.165, 1.54) is 11.1 Å². The Morgan fingerprint density at radius 3 is 2.48 bits per heavy atom. The molecule has 0 radical (unpaired) electrons. The Hall–Kier alpha value is -3.08. The fourth-order valence-corrected chi connectivity index (χ4v) is 2.95. The lowest BCUT2D eigenvalue weighted by molar-refractivity contribution is 0.0948. The van der Waals surface area contributed by atoms with Crippen molar-refractivity contribution in [1.82, 2.24) is 15.1 Å². The summed E-state index contributed by atoms with van der Waals surface area (Å²) in [6.45, 7) is 4.73. The highest BCUT2D eigenvalue weighted by molar-refractivity contribution is 5.93. The molecule has 0 aliphatic rings. The monoisotopic (exact) mass is 363 g/mol. The van der Waals surface area contributed by atoms with Crippen LogP contribution in [0.25, 0.3) is 11.3 Å². The molecule has 3 aromatic rings. The second kappa shape index (κ2) is 8.08. The normalized spacial score (nSPS) is 10.7. The molecule has 3 rings (SSSR count). The summed E-state index contributed by atoms with van der Waals surface area (Å²) in [6, 6.07) is 16.0. The van der Waals surface area contributed by atoms with Crippen molar-refractivity contribution >= 4 is 5.91 Å². The molecule has 1 aromatic heterocycles. The second-order valence-corrected chi connectivity index (χ2v) is 6.69. The SMILES string of the molecule is COc1ccc(CCNC(=O)c2cc(-c3ccc(C)c(C)c3)n(C)n2)cc1. The van der Waals surface area contributed by atoms with Gasteiger partial charge in [0.05, 0.1) is 12.8 Å². The molecule has 0 fully saturated rings. The number of methoxy groups -OCH3 is 1. The number of rotatable bonds is 6. The smallest absolute Gasteiger partial charge is 0.271 e. The van der Waals surface area contributed by atoms with Gasteiger partial charge in [0.2, 0.25) is 0 Å². The van der Waals surface area contributed by atoms with Gasteiger partial charge >= 0.3 is 0 Å². The summed E-state index contributed by atoms with van der Waals surface area (Å²) >= 11 is 0. The molecule has 0 spiro atoms. The van der Waals surface area contributed by atoms with Crippen molar-refractivity contribution in [3.05, 3.63) is 70.9 Å². The Labute approximate surface area is 160 Å². The summed E-state index contributed by atoms with van der Waals surface area (Å²) < 4.78 is 6.91. The summed E-state index contributed by atoms with van der Waals surface area (Å²) in [6.07, 6.45) is 0.757. The molecule has 5 nitrogen and oxygen atoms in total. The summed E-state index contributed by atoms with van der Waals surface area (Å²) in [5.74, 6) is 0.671. The Bertz CT molecular complexity index is 943. The van der Waals surface area contributed by atoms with Crippen LogP contribution >= 0.6 is 0 Å². The Balaban J connectivity index is 1.64. The van der Waals surface area contributed by atoms with E-state index in [1.54, 1.807) is 11.8 Å². The zero-order chi connectivity index (χ0) is 19.4. The lowest BCUT2D eigenvalue weighted by atomic mass is 10.0. The van der Waals surface area contributed by atoms with E-state index in [1.807, 2.05) is 37.4 Å². The number of hydrogen-bond donors (Lipinski definition) is 1. The average molecular weight is 363 g/mol. The third kappa shape index (κ3) is 4.37. The van der Waals surface area contributed by atoms with Crippen molar-refractivity contribution < 1.29 is 9.53 Å². The number of nitrogens with one attached hydrogen (secondary N) is 1. The highest BCUT2D eigenvalue weighted by Gasteiger charge is 2.14. The van der Waals surface area contributed by atoms with E-state index in [9.17, 15) is 4.79 Å². The van der Waals surface area contributed by atoms with Crippen LogP contribution in [0.1, 0.15) is 27.2 Å². The van der Waals surface area contributed by atoms with Gasteiger partial charge in [-0.15, -0.1) is 0 Å². The predicted octanol–water partition coefficient (Wildman–Crippen LogP) is 3.69. The molecule has 27 heavy (non-hydrogen) atoms. The number of hydrogen-bond acceptors (Lipinski definition) is 3. The van der Waals surface area contributed by atoms with Gasteiger partial charge in [-0.3, -0.25) is 9.48 Å². The molecule has 0 aliphatic carbocycles. The minimum atomic E-state index is -0.158. The fraction of sp³-hybridized carbons (Fsp3) is 0.273. The molecule has 5 heteroatoms. The molecule has 140 valence electrons. The molecule has 1 amide bonds. The summed E-state index contributed by atoms with van der Waals surface area (Å²) in [4.78, 5) is 12.4. The maximum Gasteiger partial charge on any atom is 0.271 e. The molecular formula is C22H25N3O2. The molecule has 0 aliphatic heterocycles. The van der Waals surface area contributed by atoms with Gasteiger partial charge in [-0.1, -0.05) is 24.3 Å². The number of carbonyl (C=O) groups is 1. The molecule has 1 N–H and O–H groups in total. The van der Waals surface area contributed by atoms with Gasteiger partial charge in [-0.05, 0) is 61.2 Å². The average Bonchev–Trinajstić information content (AvgIpc) is 3.06.